The van der Waals surface area contributed by atoms with Crippen molar-refractivity contribution < 1.29 is 4.74 Å². The van der Waals surface area contributed by atoms with Crippen molar-refractivity contribution in [3.63, 3.8) is 0 Å². The Labute approximate surface area is 136 Å². The van der Waals surface area contributed by atoms with E-state index in [-0.39, 0.29) is 12.4 Å². The minimum atomic E-state index is 0. The highest BCUT2D eigenvalue weighted by Crippen LogP contribution is 2.30. The lowest BCUT2D eigenvalue weighted by Crippen LogP contribution is -2.48. The molecule has 2 saturated heterocycles. The number of nitrogens with one attached hydrogen (secondary N) is 1. The largest absolute Gasteiger partial charge is 0.374 e. The Hall–Kier alpha value is 0.130. The van der Waals surface area contributed by atoms with Gasteiger partial charge in [0.1, 0.15) is 0 Å². The highest BCUT2D eigenvalue weighted by molar-refractivity contribution is 5.85. The standard InChI is InChI=1S/C16H31N3O.ClH/c1-18-8-9-20-16(12-18)13-19(10-14-2-3-14)11-15-4-6-17-7-5-15;/h14-17H,2-13H2,1H3;1H. The second-order valence-corrected chi connectivity index (χ2v) is 7.11. The Morgan fingerprint density at radius 2 is 1.71 bits per heavy atom. The van der Waals surface area contributed by atoms with E-state index in [4.69, 9.17) is 4.74 Å². The van der Waals surface area contributed by atoms with Gasteiger partial charge in [-0.1, -0.05) is 0 Å². The number of likely N-dealkylation sites (N-methyl/N-ethyl adjacent to an activating group) is 1. The summed E-state index contributed by atoms with van der Waals surface area (Å²) in [5.41, 5.74) is 0. The lowest BCUT2D eigenvalue weighted by molar-refractivity contribution is -0.0383. The van der Waals surface area contributed by atoms with Gasteiger partial charge >= 0.3 is 0 Å². The van der Waals surface area contributed by atoms with Gasteiger partial charge in [0, 0.05) is 32.7 Å². The van der Waals surface area contributed by atoms with Gasteiger partial charge in [-0.3, -0.25) is 0 Å². The van der Waals surface area contributed by atoms with Gasteiger partial charge < -0.3 is 19.9 Å². The first kappa shape index (κ1) is 17.5. The summed E-state index contributed by atoms with van der Waals surface area (Å²) in [4.78, 5) is 5.13. The molecule has 0 amide bonds. The minimum absolute atomic E-state index is 0. The molecular formula is C16H32ClN3O. The normalized spacial score (nSPS) is 28.6. The number of halogens is 1. The van der Waals surface area contributed by atoms with Crippen LogP contribution in [0.2, 0.25) is 0 Å². The minimum Gasteiger partial charge on any atom is -0.374 e. The fraction of sp³-hybridized carbons (Fsp3) is 1.00. The second kappa shape index (κ2) is 8.68. The Balaban J connectivity index is 0.00000161. The number of nitrogens with zero attached hydrogens (tertiary/aromatic N) is 2. The van der Waals surface area contributed by atoms with Gasteiger partial charge in [-0.05, 0) is 57.7 Å². The maximum Gasteiger partial charge on any atom is 0.0829 e. The summed E-state index contributed by atoms with van der Waals surface area (Å²) in [5, 5.41) is 3.48. The maximum atomic E-state index is 5.97. The van der Waals surface area contributed by atoms with E-state index >= 15 is 0 Å². The molecule has 0 bridgehead atoms. The fourth-order valence-corrected chi connectivity index (χ4v) is 3.58. The van der Waals surface area contributed by atoms with Gasteiger partial charge in [0.05, 0.1) is 12.7 Å². The van der Waals surface area contributed by atoms with Gasteiger partial charge in [0.15, 0.2) is 0 Å². The predicted octanol–water partition coefficient (Wildman–Crippen LogP) is 1.45. The van der Waals surface area contributed by atoms with Crippen LogP contribution in [0.15, 0.2) is 0 Å². The lowest BCUT2D eigenvalue weighted by Gasteiger charge is -2.36. The van der Waals surface area contributed by atoms with Crippen molar-refractivity contribution in [1.82, 2.24) is 15.1 Å². The van der Waals surface area contributed by atoms with Crippen LogP contribution in [0, 0.1) is 11.8 Å². The van der Waals surface area contributed by atoms with E-state index in [9.17, 15) is 0 Å². The van der Waals surface area contributed by atoms with Crippen molar-refractivity contribution >= 4 is 12.4 Å². The topological polar surface area (TPSA) is 27.7 Å². The average Bonchev–Trinajstić information content (AvgIpc) is 3.24. The molecule has 1 saturated carbocycles. The van der Waals surface area contributed by atoms with Gasteiger partial charge in [0.25, 0.3) is 0 Å². The van der Waals surface area contributed by atoms with E-state index in [1.807, 2.05) is 0 Å². The first-order chi connectivity index (χ1) is 9.79. The Morgan fingerprint density at radius 3 is 2.33 bits per heavy atom. The molecule has 1 atom stereocenters. The van der Waals surface area contributed by atoms with Crippen LogP contribution in [-0.2, 0) is 4.74 Å². The summed E-state index contributed by atoms with van der Waals surface area (Å²) < 4.78 is 5.97. The predicted molar refractivity (Wildman–Crippen MR) is 89.2 cm³/mol. The molecule has 124 valence electrons. The molecule has 1 aliphatic carbocycles. The van der Waals surface area contributed by atoms with Crippen LogP contribution in [0.5, 0.6) is 0 Å². The monoisotopic (exact) mass is 317 g/mol. The van der Waals surface area contributed by atoms with Crippen LogP contribution < -0.4 is 5.32 Å². The van der Waals surface area contributed by atoms with Crippen LogP contribution >= 0.6 is 12.4 Å². The van der Waals surface area contributed by atoms with Crippen molar-refractivity contribution in [2.24, 2.45) is 11.8 Å². The van der Waals surface area contributed by atoms with Crippen molar-refractivity contribution in [3.05, 3.63) is 0 Å². The summed E-state index contributed by atoms with van der Waals surface area (Å²) in [5.74, 6) is 1.88. The zero-order valence-corrected chi connectivity index (χ0v) is 14.2. The van der Waals surface area contributed by atoms with Crippen LogP contribution in [0.1, 0.15) is 25.7 Å². The van der Waals surface area contributed by atoms with Crippen LogP contribution in [0.25, 0.3) is 0 Å². The van der Waals surface area contributed by atoms with Gasteiger partial charge in [-0.15, -0.1) is 12.4 Å². The second-order valence-electron chi connectivity index (χ2n) is 7.11. The van der Waals surface area contributed by atoms with Crippen molar-refractivity contribution in [2.45, 2.75) is 31.8 Å². The third-order valence-corrected chi connectivity index (χ3v) is 4.99. The summed E-state index contributed by atoms with van der Waals surface area (Å²) in [6.07, 6.45) is 6.04. The van der Waals surface area contributed by atoms with Gasteiger partial charge in [-0.25, -0.2) is 0 Å². The van der Waals surface area contributed by atoms with Crippen LogP contribution in [0.3, 0.4) is 0 Å². The molecular weight excluding hydrogens is 286 g/mol. The number of morpholine rings is 1. The van der Waals surface area contributed by atoms with E-state index in [2.05, 4.69) is 22.2 Å². The molecule has 3 aliphatic rings. The smallest absolute Gasteiger partial charge is 0.0829 e. The maximum absolute atomic E-state index is 5.97. The summed E-state index contributed by atoms with van der Waals surface area (Å²) in [6, 6.07) is 0. The van der Waals surface area contributed by atoms with Gasteiger partial charge in [0.2, 0.25) is 0 Å². The fourth-order valence-electron chi connectivity index (χ4n) is 3.58. The molecule has 2 aliphatic heterocycles. The Bertz CT molecular complexity index is 295. The Morgan fingerprint density at radius 1 is 1.05 bits per heavy atom. The molecule has 0 aromatic heterocycles. The van der Waals surface area contributed by atoms with Crippen LogP contribution in [-0.4, -0.2) is 75.4 Å². The highest BCUT2D eigenvalue weighted by atomic mass is 35.5. The van der Waals surface area contributed by atoms with Crippen LogP contribution in [0.4, 0.5) is 0 Å². The number of piperidine rings is 1. The van der Waals surface area contributed by atoms with Crippen molar-refractivity contribution in [2.75, 3.05) is 59.5 Å². The summed E-state index contributed by atoms with van der Waals surface area (Å²) >= 11 is 0. The molecule has 3 rings (SSSR count). The molecule has 5 heteroatoms. The van der Waals surface area contributed by atoms with E-state index in [0.29, 0.717) is 6.10 Å². The molecule has 0 radical (unpaired) electrons. The molecule has 4 nitrogen and oxygen atoms in total. The van der Waals surface area contributed by atoms with E-state index in [0.717, 1.165) is 38.1 Å². The molecule has 0 aromatic carbocycles. The molecule has 21 heavy (non-hydrogen) atoms. The lowest BCUT2D eigenvalue weighted by atomic mass is 9.97. The van der Waals surface area contributed by atoms with Gasteiger partial charge in [-0.2, -0.15) is 0 Å². The molecule has 1 unspecified atom stereocenters. The molecule has 0 spiro atoms. The first-order valence-electron chi connectivity index (χ1n) is 8.53. The van der Waals surface area contributed by atoms with Crippen molar-refractivity contribution in [3.8, 4) is 0 Å². The first-order valence-corrected chi connectivity index (χ1v) is 8.53. The highest BCUT2D eigenvalue weighted by Gasteiger charge is 2.28. The summed E-state index contributed by atoms with van der Waals surface area (Å²) in [6.45, 7) is 9.28. The molecule has 1 N–H and O–H groups in total. The summed E-state index contributed by atoms with van der Waals surface area (Å²) in [7, 11) is 2.22. The molecule has 2 heterocycles. The van der Waals surface area contributed by atoms with E-state index < -0.39 is 0 Å². The third kappa shape index (κ3) is 6.03. The quantitative estimate of drug-likeness (QED) is 0.802. The number of hydrogen-bond acceptors (Lipinski definition) is 4. The van der Waals surface area contributed by atoms with E-state index in [1.54, 1.807) is 0 Å². The zero-order valence-electron chi connectivity index (χ0n) is 13.4. The zero-order chi connectivity index (χ0) is 13.8. The number of hydrogen-bond donors (Lipinski definition) is 1. The number of rotatable bonds is 6. The molecule has 3 fully saturated rings. The SMILES string of the molecule is CN1CCOC(CN(CC2CCNCC2)CC2CC2)C1.Cl. The molecule has 0 aromatic rings. The average molecular weight is 318 g/mol. The van der Waals surface area contributed by atoms with Crippen molar-refractivity contribution in [1.29, 1.82) is 0 Å². The van der Waals surface area contributed by atoms with E-state index in [1.165, 1.54) is 51.9 Å². The Kier molecular flexibility index (Phi) is 7.23. The third-order valence-electron chi connectivity index (χ3n) is 4.99. The number of ether oxygens (including phenoxy) is 1.